The highest BCUT2D eigenvalue weighted by Gasteiger charge is 2.29. The van der Waals surface area contributed by atoms with Gasteiger partial charge in [-0.15, -0.1) is 0 Å². The Labute approximate surface area is 215 Å². The van der Waals surface area contributed by atoms with Gasteiger partial charge in [0.1, 0.15) is 17.4 Å². The monoisotopic (exact) mass is 495 g/mol. The number of carbonyl (C=O) groups excluding carboxylic acids is 2. The number of hydrogen-bond acceptors (Lipinski definition) is 5. The number of hydrogen-bond donors (Lipinski definition) is 3. The van der Waals surface area contributed by atoms with Crippen molar-refractivity contribution >= 4 is 35.2 Å². The predicted molar refractivity (Wildman–Crippen MR) is 144 cm³/mol. The van der Waals surface area contributed by atoms with Gasteiger partial charge >= 0.3 is 0 Å². The number of rotatable bonds is 6. The number of H-pyrrole nitrogens is 1. The molecule has 3 heterocycles. The van der Waals surface area contributed by atoms with Crippen molar-refractivity contribution in [3.8, 4) is 0 Å². The van der Waals surface area contributed by atoms with E-state index in [4.69, 9.17) is 0 Å². The lowest BCUT2D eigenvalue weighted by Crippen LogP contribution is -2.29. The van der Waals surface area contributed by atoms with Crippen LogP contribution >= 0.6 is 0 Å². The van der Waals surface area contributed by atoms with E-state index in [0.29, 0.717) is 23.6 Å². The minimum absolute atomic E-state index is 0.0986. The molecule has 1 unspecified atom stereocenters. The number of nitrogens with one attached hydrogen (secondary N) is 3. The van der Waals surface area contributed by atoms with E-state index in [9.17, 15) is 9.59 Å². The Morgan fingerprint density at radius 2 is 1.86 bits per heavy atom. The lowest BCUT2D eigenvalue weighted by molar-refractivity contribution is -0.115. The van der Waals surface area contributed by atoms with Gasteiger partial charge in [0.2, 0.25) is 5.91 Å². The summed E-state index contributed by atoms with van der Waals surface area (Å²) in [5, 5.41) is 17.0. The minimum atomic E-state index is -0.457. The minimum Gasteiger partial charge on any atom is -0.325 e. The number of anilines is 2. The molecule has 0 bridgehead atoms. The Hall–Kier alpha value is -4.53. The van der Waals surface area contributed by atoms with E-state index in [1.54, 1.807) is 29.2 Å². The lowest BCUT2D eigenvalue weighted by atomic mass is 9.96. The van der Waals surface area contributed by atoms with Crippen LogP contribution in [0.3, 0.4) is 0 Å². The molecule has 0 aliphatic carbocycles. The number of aromatic amines is 1. The van der Waals surface area contributed by atoms with Gasteiger partial charge in [0, 0.05) is 23.7 Å². The van der Waals surface area contributed by atoms with E-state index in [1.807, 2.05) is 70.2 Å². The topological polar surface area (TPSA) is 117 Å². The second kappa shape index (κ2) is 9.50. The smallest absolute Gasteiger partial charge is 0.273 e. The largest absolute Gasteiger partial charge is 0.325 e. The van der Waals surface area contributed by atoms with Gasteiger partial charge in [-0.2, -0.15) is 10.2 Å². The highest BCUT2D eigenvalue weighted by atomic mass is 16.2. The van der Waals surface area contributed by atoms with E-state index >= 15 is 0 Å². The molecule has 2 aromatic heterocycles. The molecule has 0 fully saturated rings. The molecule has 2 amide bonds. The lowest BCUT2D eigenvalue weighted by Gasteiger charge is -2.22. The van der Waals surface area contributed by atoms with Crippen molar-refractivity contribution in [2.75, 3.05) is 10.6 Å². The molecule has 9 heteroatoms. The van der Waals surface area contributed by atoms with Gasteiger partial charge in [-0.1, -0.05) is 24.3 Å². The number of aromatic nitrogens is 4. The first-order chi connectivity index (χ1) is 17.7. The van der Waals surface area contributed by atoms with E-state index in [-0.39, 0.29) is 17.4 Å². The molecule has 0 saturated carbocycles. The number of aliphatic imine (C=N–C) groups is 1. The van der Waals surface area contributed by atoms with E-state index in [1.165, 1.54) is 0 Å². The maximum absolute atomic E-state index is 12.9. The fourth-order valence-electron chi connectivity index (χ4n) is 4.38. The van der Waals surface area contributed by atoms with Crippen LogP contribution in [-0.4, -0.2) is 38.0 Å². The summed E-state index contributed by atoms with van der Waals surface area (Å²) in [6.07, 6.45) is 3.95. The predicted octanol–water partition coefficient (Wildman–Crippen LogP) is 4.95. The molecule has 4 aromatic rings. The molecule has 9 nitrogen and oxygen atoms in total. The molecule has 0 spiro atoms. The fraction of sp³-hybridized carbons (Fsp3) is 0.250. The summed E-state index contributed by atoms with van der Waals surface area (Å²) in [5.74, 6) is -0.149. The molecule has 1 aliphatic heterocycles. The Balaban J connectivity index is 1.28. The third kappa shape index (κ3) is 5.20. The Kier molecular flexibility index (Phi) is 6.20. The third-order valence-electron chi connectivity index (χ3n) is 6.16. The van der Waals surface area contributed by atoms with Crippen LogP contribution in [0.25, 0.3) is 0 Å². The van der Waals surface area contributed by atoms with Crippen LogP contribution in [0, 0.1) is 6.92 Å². The molecule has 3 N–H and O–H groups in total. The van der Waals surface area contributed by atoms with Crippen LogP contribution in [0.15, 0.2) is 65.8 Å². The van der Waals surface area contributed by atoms with Crippen molar-refractivity contribution in [1.29, 1.82) is 0 Å². The molecule has 0 radical (unpaired) electrons. The van der Waals surface area contributed by atoms with Gasteiger partial charge in [-0.3, -0.25) is 19.4 Å². The summed E-state index contributed by atoms with van der Waals surface area (Å²) >= 11 is 0. The number of benzene rings is 2. The molecule has 188 valence electrons. The van der Waals surface area contributed by atoms with Crippen molar-refractivity contribution in [2.45, 2.75) is 45.6 Å². The average molecular weight is 496 g/mol. The molecule has 0 saturated heterocycles. The van der Waals surface area contributed by atoms with Gasteiger partial charge in [-0.25, -0.2) is 4.99 Å². The van der Waals surface area contributed by atoms with Gasteiger partial charge < -0.3 is 10.6 Å². The fourth-order valence-corrected chi connectivity index (χ4v) is 4.38. The van der Waals surface area contributed by atoms with Crippen LogP contribution in [0.1, 0.15) is 59.6 Å². The Morgan fingerprint density at radius 1 is 1.11 bits per heavy atom. The van der Waals surface area contributed by atoms with Gasteiger partial charge in [-0.05, 0) is 75.1 Å². The number of nitrogens with zero attached hydrogens (tertiary/aromatic N) is 4. The maximum atomic E-state index is 12.9. The average Bonchev–Trinajstić information content (AvgIpc) is 3.57. The molecule has 37 heavy (non-hydrogen) atoms. The zero-order chi connectivity index (χ0) is 26.2. The van der Waals surface area contributed by atoms with Crippen molar-refractivity contribution in [3.63, 3.8) is 0 Å². The number of amides is 2. The SMILES string of the molecule is Cc1cc(C(=O)Nc2ccc(Cc3ccc4c(c3)C(C=Nc3ccn[nH]3)C(=O)N4)cc2)n(C(C)(C)C)n1. The number of fused-ring (bicyclic) bond motifs is 1. The molecule has 2 aromatic carbocycles. The van der Waals surface area contributed by atoms with Crippen LogP contribution in [0.4, 0.5) is 17.2 Å². The van der Waals surface area contributed by atoms with Crippen LogP contribution in [-0.2, 0) is 16.8 Å². The van der Waals surface area contributed by atoms with Crippen molar-refractivity contribution in [3.05, 3.63) is 88.9 Å². The summed E-state index contributed by atoms with van der Waals surface area (Å²) in [5.41, 5.74) is 5.62. The van der Waals surface area contributed by atoms with E-state index in [0.717, 1.165) is 28.1 Å². The first-order valence-electron chi connectivity index (χ1n) is 12.1. The van der Waals surface area contributed by atoms with E-state index in [2.05, 4.69) is 30.9 Å². The van der Waals surface area contributed by atoms with Gasteiger partial charge in [0.15, 0.2) is 0 Å². The first kappa shape index (κ1) is 24.2. The van der Waals surface area contributed by atoms with Gasteiger partial charge in [0.25, 0.3) is 5.91 Å². The highest BCUT2D eigenvalue weighted by molar-refractivity contribution is 6.12. The number of carbonyl (C=O) groups is 2. The summed E-state index contributed by atoms with van der Waals surface area (Å²) in [6.45, 7) is 7.94. The summed E-state index contributed by atoms with van der Waals surface area (Å²) in [7, 11) is 0. The molecule has 1 atom stereocenters. The zero-order valence-electron chi connectivity index (χ0n) is 21.2. The Bertz CT molecular complexity index is 1480. The highest BCUT2D eigenvalue weighted by Crippen LogP contribution is 2.33. The molecule has 1 aliphatic rings. The second-order valence-electron chi connectivity index (χ2n) is 10.2. The standard InChI is InChI=1S/C28H29N7O2/c1-17-13-24(35(34-17)28(2,3)4)27(37)31-20-8-5-18(6-9-20)14-19-7-10-23-21(15-19)22(26(36)32-23)16-29-25-11-12-30-33-25/h5-13,15-16,22H,14H2,1-4H3,(H,30,33)(H,31,37)(H,32,36). The van der Waals surface area contributed by atoms with Crippen molar-refractivity contribution < 1.29 is 9.59 Å². The summed E-state index contributed by atoms with van der Waals surface area (Å²) in [4.78, 5) is 29.8. The Morgan fingerprint density at radius 3 is 2.57 bits per heavy atom. The van der Waals surface area contributed by atoms with Crippen molar-refractivity contribution in [1.82, 2.24) is 20.0 Å². The van der Waals surface area contributed by atoms with Gasteiger partial charge in [0.05, 0.1) is 17.4 Å². The quantitative estimate of drug-likeness (QED) is 0.328. The second-order valence-corrected chi connectivity index (χ2v) is 10.2. The first-order valence-corrected chi connectivity index (χ1v) is 12.1. The maximum Gasteiger partial charge on any atom is 0.273 e. The normalized spacial score (nSPS) is 15.1. The van der Waals surface area contributed by atoms with Crippen LogP contribution in [0.5, 0.6) is 0 Å². The summed E-state index contributed by atoms with van der Waals surface area (Å²) in [6, 6.07) is 17.3. The van der Waals surface area contributed by atoms with Crippen LogP contribution in [0.2, 0.25) is 0 Å². The third-order valence-corrected chi connectivity index (χ3v) is 6.16. The zero-order valence-corrected chi connectivity index (χ0v) is 21.2. The van der Waals surface area contributed by atoms with Crippen molar-refractivity contribution in [2.24, 2.45) is 4.99 Å². The summed E-state index contributed by atoms with van der Waals surface area (Å²) < 4.78 is 1.76. The molecular weight excluding hydrogens is 466 g/mol. The molecular formula is C28H29N7O2. The van der Waals surface area contributed by atoms with Crippen LogP contribution < -0.4 is 10.6 Å². The number of aryl methyl sites for hydroxylation is 1. The molecule has 5 rings (SSSR count). The van der Waals surface area contributed by atoms with E-state index < -0.39 is 5.92 Å².